The summed E-state index contributed by atoms with van der Waals surface area (Å²) in [6, 6.07) is 3.01. The van der Waals surface area contributed by atoms with Crippen molar-refractivity contribution >= 4 is 0 Å². The Bertz CT molecular complexity index is 785. The largest absolute Gasteiger partial charge is 0.369 e. The second-order valence-corrected chi connectivity index (χ2v) is 4.76. The summed E-state index contributed by atoms with van der Waals surface area (Å²) < 4.78 is 29.5. The molecule has 6 nitrogen and oxygen atoms in total. The number of rotatable bonds is 3. The minimum Gasteiger partial charge on any atom is -0.318 e. The number of nitrogens with zero attached hydrogens (tertiary/aromatic N) is 4. The van der Waals surface area contributed by atoms with Gasteiger partial charge in [0.15, 0.2) is 11.6 Å². The van der Waals surface area contributed by atoms with Crippen molar-refractivity contribution in [2.45, 2.75) is 26.8 Å². The molecule has 1 aromatic carbocycles. The molecule has 2 aromatic rings. The third-order valence-corrected chi connectivity index (χ3v) is 2.71. The Morgan fingerprint density at radius 3 is 2.57 bits per heavy atom. The Kier molecular flexibility index (Phi) is 3.76. The fraction of sp³-hybridized carbons (Fsp3) is 0.308. The van der Waals surface area contributed by atoms with Crippen molar-refractivity contribution in [3.63, 3.8) is 0 Å². The van der Waals surface area contributed by atoms with Gasteiger partial charge in [0.05, 0.1) is 5.56 Å². The van der Waals surface area contributed by atoms with Gasteiger partial charge in [-0.15, -0.1) is 5.10 Å². The third kappa shape index (κ3) is 2.63. The van der Waals surface area contributed by atoms with Gasteiger partial charge in [-0.25, -0.2) is 13.6 Å². The van der Waals surface area contributed by atoms with Gasteiger partial charge in [0.1, 0.15) is 17.6 Å². The maximum atomic E-state index is 13.9. The van der Waals surface area contributed by atoms with Crippen LogP contribution in [-0.2, 0) is 0 Å². The van der Waals surface area contributed by atoms with Crippen molar-refractivity contribution < 1.29 is 8.78 Å². The lowest BCUT2D eigenvalue weighted by molar-refractivity contribution is 0.580. The van der Waals surface area contributed by atoms with Crippen LogP contribution in [0.2, 0.25) is 0 Å². The first-order valence-corrected chi connectivity index (χ1v) is 6.20. The lowest BCUT2D eigenvalue weighted by Crippen LogP contribution is -2.34. The number of aryl methyl sites for hydroxylation is 1. The summed E-state index contributed by atoms with van der Waals surface area (Å²) in [6.45, 7) is 5.21. The summed E-state index contributed by atoms with van der Waals surface area (Å²) in [5.41, 5.74) is 1.42. The molecule has 2 rings (SSSR count). The van der Waals surface area contributed by atoms with Crippen molar-refractivity contribution in [1.82, 2.24) is 14.5 Å². The van der Waals surface area contributed by atoms with E-state index in [1.165, 1.54) is 6.07 Å². The molecule has 0 aliphatic heterocycles. The summed E-state index contributed by atoms with van der Waals surface area (Å²) in [5.74, 6) is -1.51. The van der Waals surface area contributed by atoms with Gasteiger partial charge in [0.2, 0.25) is 0 Å². The van der Waals surface area contributed by atoms with Crippen LogP contribution in [0, 0.1) is 29.9 Å². The van der Waals surface area contributed by atoms with E-state index in [4.69, 9.17) is 5.26 Å². The van der Waals surface area contributed by atoms with Crippen molar-refractivity contribution in [2.75, 3.05) is 5.43 Å². The van der Waals surface area contributed by atoms with Gasteiger partial charge in [0, 0.05) is 12.1 Å². The average molecular weight is 293 g/mol. The van der Waals surface area contributed by atoms with Gasteiger partial charge < -0.3 is 5.43 Å². The molecule has 0 aliphatic rings. The highest BCUT2D eigenvalue weighted by Gasteiger charge is 2.17. The molecule has 0 aliphatic carbocycles. The summed E-state index contributed by atoms with van der Waals surface area (Å²) in [4.78, 5) is 12.2. The molecule has 0 saturated heterocycles. The van der Waals surface area contributed by atoms with Gasteiger partial charge in [-0.3, -0.25) is 0 Å². The first kappa shape index (κ1) is 14.7. The molecule has 21 heavy (non-hydrogen) atoms. The van der Waals surface area contributed by atoms with E-state index in [-0.39, 0.29) is 11.7 Å². The highest BCUT2D eigenvalue weighted by atomic mass is 19.1. The van der Waals surface area contributed by atoms with Gasteiger partial charge in [-0.05, 0) is 26.8 Å². The molecule has 8 heteroatoms. The zero-order valence-electron chi connectivity index (χ0n) is 11.7. The quantitative estimate of drug-likeness (QED) is 0.929. The van der Waals surface area contributed by atoms with Crippen molar-refractivity contribution in [3.8, 4) is 11.8 Å². The average Bonchev–Trinajstić information content (AvgIpc) is 2.68. The Morgan fingerprint density at radius 1 is 1.33 bits per heavy atom. The van der Waals surface area contributed by atoms with Crippen LogP contribution in [0.3, 0.4) is 0 Å². The predicted octanol–water partition coefficient (Wildman–Crippen LogP) is 1.44. The Balaban J connectivity index is 2.62. The number of halogens is 2. The number of nitrogens with one attached hydrogen (secondary N) is 1. The molecule has 0 saturated carbocycles. The number of aromatic nitrogens is 3. The zero-order chi connectivity index (χ0) is 15.7. The lowest BCUT2D eigenvalue weighted by Gasteiger charge is -2.09. The van der Waals surface area contributed by atoms with E-state index < -0.39 is 22.9 Å². The Morgan fingerprint density at radius 2 is 2.00 bits per heavy atom. The predicted molar refractivity (Wildman–Crippen MR) is 71.7 cm³/mol. The van der Waals surface area contributed by atoms with Gasteiger partial charge in [-0.1, -0.05) is 0 Å². The molecule has 1 aromatic heterocycles. The normalized spacial score (nSPS) is 10.7. The summed E-state index contributed by atoms with van der Waals surface area (Å²) in [6.07, 6.45) is 0. The first-order valence-electron chi connectivity index (χ1n) is 6.20. The minimum absolute atomic E-state index is 0.0402. The topological polar surface area (TPSA) is 75.6 Å². The number of benzene rings is 1. The summed E-state index contributed by atoms with van der Waals surface area (Å²) >= 11 is 0. The molecule has 0 amide bonds. The third-order valence-electron chi connectivity index (χ3n) is 2.71. The molecule has 0 radical (unpaired) electrons. The number of hydrogen-bond donors (Lipinski definition) is 1. The van der Waals surface area contributed by atoms with E-state index in [0.717, 1.165) is 21.5 Å². The standard InChI is InChI=1S/C13H13F2N5O/c1-7(2)17-19-8(3)18-20(13(19)21)12-5-10(14)9(6-16)4-11(12)15/h4-5,7,17H,1-3H3. The van der Waals surface area contributed by atoms with E-state index >= 15 is 0 Å². The fourth-order valence-electron chi connectivity index (χ4n) is 1.81. The van der Waals surface area contributed by atoms with Gasteiger partial charge >= 0.3 is 5.69 Å². The van der Waals surface area contributed by atoms with Crippen LogP contribution in [0.1, 0.15) is 25.2 Å². The smallest absolute Gasteiger partial charge is 0.318 e. The molecule has 110 valence electrons. The maximum Gasteiger partial charge on any atom is 0.369 e. The fourth-order valence-corrected chi connectivity index (χ4v) is 1.81. The monoisotopic (exact) mass is 293 g/mol. The molecule has 0 unspecified atom stereocenters. The van der Waals surface area contributed by atoms with Crippen LogP contribution in [0.4, 0.5) is 8.78 Å². The zero-order valence-corrected chi connectivity index (χ0v) is 11.7. The highest BCUT2D eigenvalue weighted by molar-refractivity contribution is 5.41. The van der Waals surface area contributed by atoms with E-state index in [2.05, 4.69) is 10.5 Å². The second kappa shape index (κ2) is 5.36. The van der Waals surface area contributed by atoms with E-state index in [9.17, 15) is 13.6 Å². The van der Waals surface area contributed by atoms with E-state index in [1.807, 2.05) is 13.8 Å². The summed E-state index contributed by atoms with van der Waals surface area (Å²) in [5, 5.41) is 12.6. The molecule has 0 atom stereocenters. The van der Waals surface area contributed by atoms with Gasteiger partial charge in [-0.2, -0.15) is 14.6 Å². The van der Waals surface area contributed by atoms with Crippen molar-refractivity contribution in [3.05, 3.63) is 45.6 Å². The van der Waals surface area contributed by atoms with Crippen LogP contribution in [0.5, 0.6) is 0 Å². The maximum absolute atomic E-state index is 13.9. The number of hydrogen-bond acceptors (Lipinski definition) is 4. The van der Waals surface area contributed by atoms with Crippen LogP contribution in [-0.4, -0.2) is 20.5 Å². The van der Waals surface area contributed by atoms with Crippen LogP contribution < -0.4 is 11.1 Å². The second-order valence-electron chi connectivity index (χ2n) is 4.76. The van der Waals surface area contributed by atoms with Crippen molar-refractivity contribution in [1.29, 1.82) is 5.26 Å². The van der Waals surface area contributed by atoms with Crippen LogP contribution in [0.15, 0.2) is 16.9 Å². The van der Waals surface area contributed by atoms with Crippen molar-refractivity contribution in [2.24, 2.45) is 0 Å². The van der Waals surface area contributed by atoms with Gasteiger partial charge in [0.25, 0.3) is 0 Å². The molecule has 0 spiro atoms. The molecule has 1 heterocycles. The van der Waals surface area contributed by atoms with Crippen LogP contribution in [0.25, 0.3) is 5.69 Å². The Labute approximate surface area is 119 Å². The summed E-state index contributed by atoms with van der Waals surface area (Å²) in [7, 11) is 0. The molecule has 0 fully saturated rings. The van der Waals surface area contributed by atoms with Crippen LogP contribution >= 0.6 is 0 Å². The molecule has 0 bridgehead atoms. The minimum atomic E-state index is -0.912. The van der Waals surface area contributed by atoms with E-state index in [1.54, 1.807) is 6.92 Å². The van der Waals surface area contributed by atoms with E-state index in [0.29, 0.717) is 5.82 Å². The molecular weight excluding hydrogens is 280 g/mol. The molecular formula is C13H13F2N5O. The SMILES string of the molecule is Cc1nn(-c2cc(F)c(C#N)cc2F)c(=O)n1NC(C)C. The first-order chi connectivity index (χ1) is 9.85. The Hall–Kier alpha value is -2.69. The number of nitriles is 1. The highest BCUT2D eigenvalue weighted by Crippen LogP contribution is 2.16. The molecule has 1 N–H and O–H groups in total. The lowest BCUT2D eigenvalue weighted by atomic mass is 10.2.